The molecule has 0 radical (unpaired) electrons. The molecule has 1 aromatic carbocycles. The highest BCUT2D eigenvalue weighted by Gasteiger charge is 2.21. The van der Waals surface area contributed by atoms with Crippen molar-refractivity contribution < 1.29 is 0 Å². The molecule has 3 rings (SSSR count). The van der Waals surface area contributed by atoms with Gasteiger partial charge in [0.1, 0.15) is 0 Å². The van der Waals surface area contributed by atoms with Crippen LogP contribution in [-0.4, -0.2) is 28.3 Å². The van der Waals surface area contributed by atoms with E-state index in [0.717, 1.165) is 36.5 Å². The van der Waals surface area contributed by atoms with Crippen molar-refractivity contribution in [1.82, 2.24) is 14.7 Å². The fraction of sp³-hybridized carbons (Fsp3) is 0.308. The van der Waals surface area contributed by atoms with Crippen LogP contribution in [0.2, 0.25) is 0 Å². The molecular weight excluding hydrogens is 214 g/mol. The van der Waals surface area contributed by atoms with Gasteiger partial charge < -0.3 is 4.90 Å². The Bertz CT molecular complexity index is 582. The van der Waals surface area contributed by atoms with Crippen molar-refractivity contribution in [1.29, 1.82) is 0 Å². The Morgan fingerprint density at radius 1 is 1.24 bits per heavy atom. The zero-order chi connectivity index (χ0) is 11.8. The predicted molar refractivity (Wildman–Crippen MR) is 66.4 cm³/mol. The average Bonchev–Trinajstić information content (AvgIpc) is 2.68. The summed E-state index contributed by atoms with van der Waals surface area (Å²) < 4.78 is 1.92. The number of likely N-dealkylation sites (N-methyl/N-ethyl adjacent to an activating group) is 1. The highest BCUT2D eigenvalue weighted by molar-refractivity contribution is 5.35. The second kappa shape index (κ2) is 3.89. The summed E-state index contributed by atoms with van der Waals surface area (Å²) >= 11 is 0. The first kappa shape index (κ1) is 10.4. The molecule has 88 valence electrons. The number of rotatable bonds is 1. The Hall–Kier alpha value is -1.81. The number of aromatic amines is 1. The normalized spacial score (nSPS) is 15.8. The van der Waals surface area contributed by atoms with E-state index in [-0.39, 0.29) is 5.56 Å². The Morgan fingerprint density at radius 2 is 2.00 bits per heavy atom. The molecule has 0 aliphatic carbocycles. The number of aromatic nitrogens is 2. The lowest BCUT2D eigenvalue weighted by molar-refractivity contribution is 0.309. The maximum atomic E-state index is 11.9. The molecule has 1 N–H and O–H groups in total. The van der Waals surface area contributed by atoms with Crippen molar-refractivity contribution in [2.24, 2.45) is 0 Å². The topological polar surface area (TPSA) is 41.0 Å². The van der Waals surface area contributed by atoms with Crippen LogP contribution in [0.5, 0.6) is 0 Å². The number of fused-ring (bicyclic) bond motifs is 1. The SMILES string of the molecule is CN1CCc2c(c(=O)[nH]n2-c2ccccc2)C1. The largest absolute Gasteiger partial charge is 0.301 e. The third-order valence-electron chi connectivity index (χ3n) is 3.28. The Balaban J connectivity index is 2.14. The van der Waals surface area contributed by atoms with Crippen LogP contribution in [-0.2, 0) is 13.0 Å². The molecule has 17 heavy (non-hydrogen) atoms. The van der Waals surface area contributed by atoms with Gasteiger partial charge in [0.05, 0.1) is 16.9 Å². The van der Waals surface area contributed by atoms with E-state index in [1.54, 1.807) is 0 Å². The first-order valence-corrected chi connectivity index (χ1v) is 5.82. The lowest BCUT2D eigenvalue weighted by Crippen LogP contribution is -2.29. The summed E-state index contributed by atoms with van der Waals surface area (Å²) in [5.41, 5.74) is 3.09. The average molecular weight is 229 g/mol. The lowest BCUT2D eigenvalue weighted by atomic mass is 10.1. The summed E-state index contributed by atoms with van der Waals surface area (Å²) in [6, 6.07) is 9.96. The number of nitrogens with one attached hydrogen (secondary N) is 1. The molecule has 2 aromatic rings. The van der Waals surface area contributed by atoms with Crippen LogP contribution < -0.4 is 5.56 Å². The van der Waals surface area contributed by atoms with Gasteiger partial charge in [0.25, 0.3) is 5.56 Å². The smallest absolute Gasteiger partial charge is 0.269 e. The van der Waals surface area contributed by atoms with Crippen LogP contribution in [0, 0.1) is 0 Å². The third kappa shape index (κ3) is 1.70. The van der Waals surface area contributed by atoms with Crippen LogP contribution in [0.4, 0.5) is 0 Å². The first-order valence-electron chi connectivity index (χ1n) is 5.82. The van der Waals surface area contributed by atoms with Crippen molar-refractivity contribution in [3.8, 4) is 5.69 Å². The number of hydrogen-bond acceptors (Lipinski definition) is 2. The molecule has 0 saturated carbocycles. The summed E-state index contributed by atoms with van der Waals surface area (Å²) in [5, 5.41) is 2.93. The van der Waals surface area contributed by atoms with Gasteiger partial charge in [-0.1, -0.05) is 18.2 Å². The summed E-state index contributed by atoms with van der Waals surface area (Å²) in [5.74, 6) is 0. The van der Waals surface area contributed by atoms with Crippen molar-refractivity contribution in [2.75, 3.05) is 13.6 Å². The van der Waals surface area contributed by atoms with E-state index in [9.17, 15) is 4.79 Å². The van der Waals surface area contributed by atoms with E-state index in [4.69, 9.17) is 0 Å². The van der Waals surface area contributed by atoms with Crippen molar-refractivity contribution >= 4 is 0 Å². The monoisotopic (exact) mass is 229 g/mol. The van der Waals surface area contributed by atoms with Crippen LogP contribution in [0.1, 0.15) is 11.3 Å². The number of H-pyrrole nitrogens is 1. The Kier molecular flexibility index (Phi) is 2.37. The quantitative estimate of drug-likeness (QED) is 0.797. The molecule has 1 aromatic heterocycles. The van der Waals surface area contributed by atoms with Gasteiger partial charge >= 0.3 is 0 Å². The molecule has 0 bridgehead atoms. The molecule has 4 heteroatoms. The number of hydrogen-bond donors (Lipinski definition) is 1. The van der Waals surface area contributed by atoms with Gasteiger partial charge in [-0.05, 0) is 19.2 Å². The van der Waals surface area contributed by atoms with E-state index < -0.39 is 0 Å². The zero-order valence-corrected chi connectivity index (χ0v) is 9.81. The highest BCUT2D eigenvalue weighted by Crippen LogP contribution is 2.17. The van der Waals surface area contributed by atoms with Crippen LogP contribution in [0.15, 0.2) is 35.1 Å². The second-order valence-electron chi connectivity index (χ2n) is 4.52. The molecule has 0 unspecified atom stereocenters. The lowest BCUT2D eigenvalue weighted by Gasteiger charge is -2.22. The zero-order valence-electron chi connectivity index (χ0n) is 9.81. The first-order chi connectivity index (χ1) is 8.25. The molecule has 1 aliphatic heterocycles. The predicted octanol–water partition coefficient (Wildman–Crippen LogP) is 1.15. The molecule has 4 nitrogen and oxygen atoms in total. The Labute approximate surface area is 99.5 Å². The van der Waals surface area contributed by atoms with E-state index >= 15 is 0 Å². The fourth-order valence-electron chi connectivity index (χ4n) is 2.37. The van der Waals surface area contributed by atoms with Crippen LogP contribution >= 0.6 is 0 Å². The maximum absolute atomic E-state index is 11.9. The summed E-state index contributed by atoms with van der Waals surface area (Å²) in [6.45, 7) is 1.74. The fourth-order valence-corrected chi connectivity index (χ4v) is 2.37. The summed E-state index contributed by atoms with van der Waals surface area (Å²) in [7, 11) is 2.04. The number of para-hydroxylation sites is 1. The van der Waals surface area contributed by atoms with Crippen molar-refractivity contribution in [3.05, 3.63) is 51.9 Å². The maximum Gasteiger partial charge on any atom is 0.269 e. The van der Waals surface area contributed by atoms with Gasteiger partial charge in [0.15, 0.2) is 0 Å². The van der Waals surface area contributed by atoms with Crippen molar-refractivity contribution in [3.63, 3.8) is 0 Å². The molecule has 0 amide bonds. The molecular formula is C13H15N3O. The van der Waals surface area contributed by atoms with E-state index in [1.807, 2.05) is 42.1 Å². The van der Waals surface area contributed by atoms with Crippen molar-refractivity contribution in [2.45, 2.75) is 13.0 Å². The van der Waals surface area contributed by atoms with Gasteiger partial charge in [0.2, 0.25) is 0 Å². The summed E-state index contributed by atoms with van der Waals surface area (Å²) in [6.07, 6.45) is 0.916. The van der Waals surface area contributed by atoms with Crippen LogP contribution in [0.3, 0.4) is 0 Å². The van der Waals surface area contributed by atoms with Gasteiger partial charge in [-0.3, -0.25) is 14.6 Å². The minimum absolute atomic E-state index is 0.0374. The number of benzene rings is 1. The van der Waals surface area contributed by atoms with E-state index in [2.05, 4.69) is 10.00 Å². The number of nitrogens with zero attached hydrogens (tertiary/aromatic N) is 2. The standard InChI is InChI=1S/C13H15N3O/c1-15-8-7-12-11(9-15)13(17)14-16(12)10-5-3-2-4-6-10/h2-6H,7-9H2,1H3,(H,14,17). The molecule has 0 spiro atoms. The van der Waals surface area contributed by atoms with Gasteiger partial charge in [-0.15, -0.1) is 0 Å². The highest BCUT2D eigenvalue weighted by atomic mass is 16.1. The second-order valence-corrected chi connectivity index (χ2v) is 4.52. The van der Waals surface area contributed by atoms with Gasteiger partial charge in [0, 0.05) is 19.5 Å². The van der Waals surface area contributed by atoms with E-state index in [0.29, 0.717) is 0 Å². The minimum Gasteiger partial charge on any atom is -0.301 e. The van der Waals surface area contributed by atoms with Gasteiger partial charge in [-0.25, -0.2) is 0 Å². The minimum atomic E-state index is 0.0374. The van der Waals surface area contributed by atoms with Crippen LogP contribution in [0.25, 0.3) is 5.69 Å². The Morgan fingerprint density at radius 3 is 2.76 bits per heavy atom. The molecule has 2 heterocycles. The van der Waals surface area contributed by atoms with Gasteiger partial charge in [-0.2, -0.15) is 0 Å². The summed E-state index contributed by atoms with van der Waals surface area (Å²) in [4.78, 5) is 14.1. The molecule has 1 aliphatic rings. The molecule has 0 saturated heterocycles. The molecule has 0 fully saturated rings. The van der Waals surface area contributed by atoms with E-state index in [1.165, 1.54) is 0 Å². The molecule has 0 atom stereocenters. The third-order valence-corrected chi connectivity index (χ3v) is 3.28.